The normalized spacial score (nSPS) is 11.5. The topological polar surface area (TPSA) is 24.7 Å². The van der Waals surface area contributed by atoms with Crippen LogP contribution in [0.3, 0.4) is 0 Å². The van der Waals surface area contributed by atoms with Gasteiger partial charge >= 0.3 is 0 Å². The lowest BCUT2D eigenvalue weighted by Gasteiger charge is -1.91. The van der Waals surface area contributed by atoms with Gasteiger partial charge in [-0.25, -0.2) is 0 Å². The third-order valence-corrected chi connectivity index (χ3v) is 1.42. The number of hydrogen-bond donors (Lipinski definition) is 0. The van der Waals surface area contributed by atoms with Crippen LogP contribution < -0.4 is 0 Å². The van der Waals surface area contributed by atoms with E-state index in [0.717, 1.165) is 5.69 Å². The monoisotopic (exact) mass is 160 g/mol. The highest BCUT2D eigenvalue weighted by atomic mass is 15.1. The van der Waals surface area contributed by atoms with Crippen LogP contribution in [0.1, 0.15) is 12.5 Å². The number of benzene rings is 1. The Labute approximate surface area is 72.6 Å². The second-order valence-electron chi connectivity index (χ2n) is 2.53. The summed E-state index contributed by atoms with van der Waals surface area (Å²) >= 11 is 0. The van der Waals surface area contributed by atoms with Crippen molar-refractivity contribution in [2.45, 2.75) is 13.8 Å². The average Bonchev–Trinajstić information content (AvgIpc) is 2.09. The molecule has 2 heteroatoms. The van der Waals surface area contributed by atoms with Crippen molar-refractivity contribution in [3.63, 3.8) is 0 Å². The standard InChI is InChI=1S/C10H12N2/c1-3-8-11-12-10-6-4-9(2)5-7-10/h3-8H,1-2H3/b8-3+,12-11?. The summed E-state index contributed by atoms with van der Waals surface area (Å²) < 4.78 is 0. The van der Waals surface area contributed by atoms with E-state index in [1.807, 2.05) is 44.2 Å². The summed E-state index contributed by atoms with van der Waals surface area (Å²) in [7, 11) is 0. The number of hydrogen-bond acceptors (Lipinski definition) is 2. The molecule has 1 aromatic carbocycles. The molecule has 0 saturated carbocycles. The molecule has 0 aromatic heterocycles. The first kappa shape index (κ1) is 8.65. The fraction of sp³-hybridized carbons (Fsp3) is 0.200. The molecule has 0 aliphatic carbocycles. The molecule has 0 N–H and O–H groups in total. The summed E-state index contributed by atoms with van der Waals surface area (Å²) in [5.41, 5.74) is 2.12. The number of azo groups is 1. The molecule has 0 bridgehead atoms. The lowest BCUT2D eigenvalue weighted by atomic mass is 10.2. The van der Waals surface area contributed by atoms with E-state index in [0.29, 0.717) is 0 Å². The number of aryl methyl sites for hydroxylation is 1. The lowest BCUT2D eigenvalue weighted by molar-refractivity contribution is 1.22. The van der Waals surface area contributed by atoms with Crippen molar-refractivity contribution in [3.05, 3.63) is 42.1 Å². The maximum atomic E-state index is 3.98. The molecule has 0 unspecified atom stereocenters. The Morgan fingerprint density at radius 2 is 1.83 bits per heavy atom. The van der Waals surface area contributed by atoms with Crippen molar-refractivity contribution in [3.8, 4) is 0 Å². The van der Waals surface area contributed by atoms with Crippen LogP contribution in [-0.4, -0.2) is 0 Å². The van der Waals surface area contributed by atoms with Crippen LogP contribution in [0.25, 0.3) is 0 Å². The molecule has 0 spiro atoms. The lowest BCUT2D eigenvalue weighted by Crippen LogP contribution is -1.67. The molecule has 12 heavy (non-hydrogen) atoms. The maximum absolute atomic E-state index is 3.98. The Kier molecular flexibility index (Phi) is 3.20. The number of rotatable bonds is 2. The predicted octanol–water partition coefficient (Wildman–Crippen LogP) is 3.61. The zero-order valence-corrected chi connectivity index (χ0v) is 7.36. The van der Waals surface area contributed by atoms with E-state index in [2.05, 4.69) is 10.2 Å². The Morgan fingerprint density at radius 3 is 2.42 bits per heavy atom. The highest BCUT2D eigenvalue weighted by Crippen LogP contribution is 2.12. The van der Waals surface area contributed by atoms with Gasteiger partial charge < -0.3 is 0 Å². The van der Waals surface area contributed by atoms with Gasteiger partial charge in [-0.2, -0.15) is 10.2 Å². The van der Waals surface area contributed by atoms with Gasteiger partial charge in [0.15, 0.2) is 0 Å². The molecule has 0 saturated heterocycles. The Bertz CT molecular complexity index is 283. The van der Waals surface area contributed by atoms with Gasteiger partial charge in [-0.3, -0.25) is 0 Å². The fourth-order valence-electron chi connectivity index (χ4n) is 0.778. The molecule has 1 aromatic rings. The van der Waals surface area contributed by atoms with Crippen LogP contribution in [0.4, 0.5) is 5.69 Å². The van der Waals surface area contributed by atoms with Crippen LogP contribution in [-0.2, 0) is 0 Å². The van der Waals surface area contributed by atoms with E-state index in [-0.39, 0.29) is 0 Å². The smallest absolute Gasteiger partial charge is 0.0857 e. The molecule has 1 rings (SSSR count). The molecule has 0 heterocycles. The van der Waals surface area contributed by atoms with Crippen LogP contribution in [0.2, 0.25) is 0 Å². The highest BCUT2D eigenvalue weighted by Gasteiger charge is 1.85. The molecule has 0 amide bonds. The molecular weight excluding hydrogens is 148 g/mol. The van der Waals surface area contributed by atoms with Crippen molar-refractivity contribution < 1.29 is 0 Å². The summed E-state index contributed by atoms with van der Waals surface area (Å²) in [6.45, 7) is 3.96. The Morgan fingerprint density at radius 1 is 1.17 bits per heavy atom. The van der Waals surface area contributed by atoms with Crippen molar-refractivity contribution in [1.29, 1.82) is 0 Å². The van der Waals surface area contributed by atoms with Gasteiger partial charge in [0.25, 0.3) is 0 Å². The summed E-state index contributed by atoms with van der Waals surface area (Å²) in [6.07, 6.45) is 3.51. The third kappa shape index (κ3) is 2.66. The summed E-state index contributed by atoms with van der Waals surface area (Å²) in [6, 6.07) is 7.93. The van der Waals surface area contributed by atoms with Crippen LogP contribution in [0.15, 0.2) is 46.8 Å². The van der Waals surface area contributed by atoms with E-state index >= 15 is 0 Å². The van der Waals surface area contributed by atoms with E-state index in [9.17, 15) is 0 Å². The molecule has 0 fully saturated rings. The molecule has 0 aliphatic rings. The summed E-state index contributed by atoms with van der Waals surface area (Å²) in [4.78, 5) is 0. The second-order valence-corrected chi connectivity index (χ2v) is 2.53. The fourth-order valence-corrected chi connectivity index (χ4v) is 0.778. The van der Waals surface area contributed by atoms with Crippen molar-refractivity contribution >= 4 is 5.69 Å². The van der Waals surface area contributed by atoms with Crippen molar-refractivity contribution in [1.82, 2.24) is 0 Å². The minimum atomic E-state index is 0.888. The van der Waals surface area contributed by atoms with Gasteiger partial charge in [-0.15, -0.1) is 0 Å². The molecular formula is C10H12N2. The van der Waals surface area contributed by atoms with Gasteiger partial charge in [-0.05, 0) is 26.0 Å². The minimum absolute atomic E-state index is 0.888. The molecule has 0 aliphatic heterocycles. The highest BCUT2D eigenvalue weighted by molar-refractivity contribution is 5.37. The second kappa shape index (κ2) is 4.44. The zero-order chi connectivity index (χ0) is 8.81. The number of nitrogens with zero attached hydrogens (tertiary/aromatic N) is 2. The van der Waals surface area contributed by atoms with E-state index in [4.69, 9.17) is 0 Å². The van der Waals surface area contributed by atoms with Crippen molar-refractivity contribution in [2.24, 2.45) is 10.2 Å². The van der Waals surface area contributed by atoms with Crippen LogP contribution in [0.5, 0.6) is 0 Å². The minimum Gasteiger partial charge on any atom is -0.159 e. The van der Waals surface area contributed by atoms with Crippen molar-refractivity contribution in [2.75, 3.05) is 0 Å². The van der Waals surface area contributed by atoms with Gasteiger partial charge in [0.1, 0.15) is 0 Å². The average molecular weight is 160 g/mol. The first-order valence-electron chi connectivity index (χ1n) is 3.91. The van der Waals surface area contributed by atoms with Crippen LogP contribution in [0, 0.1) is 6.92 Å². The largest absolute Gasteiger partial charge is 0.159 e. The Balaban J connectivity index is 2.70. The van der Waals surface area contributed by atoms with Crippen LogP contribution >= 0.6 is 0 Å². The maximum Gasteiger partial charge on any atom is 0.0857 e. The van der Waals surface area contributed by atoms with Gasteiger partial charge in [0.2, 0.25) is 0 Å². The van der Waals surface area contributed by atoms with Gasteiger partial charge in [-0.1, -0.05) is 23.8 Å². The summed E-state index contributed by atoms with van der Waals surface area (Å²) in [5.74, 6) is 0. The Hall–Kier alpha value is -1.44. The van der Waals surface area contributed by atoms with Gasteiger partial charge in [0, 0.05) is 6.20 Å². The molecule has 0 radical (unpaired) electrons. The first-order chi connectivity index (χ1) is 5.83. The first-order valence-corrected chi connectivity index (χ1v) is 3.91. The molecule has 2 nitrogen and oxygen atoms in total. The zero-order valence-electron chi connectivity index (χ0n) is 7.36. The summed E-state index contributed by atoms with van der Waals surface area (Å²) in [5, 5.41) is 7.81. The quantitative estimate of drug-likeness (QED) is 0.590. The number of allylic oxidation sites excluding steroid dienone is 1. The third-order valence-electron chi connectivity index (χ3n) is 1.42. The SMILES string of the molecule is C/C=C/N=Nc1ccc(C)cc1. The van der Waals surface area contributed by atoms with Gasteiger partial charge in [0.05, 0.1) is 5.69 Å². The van der Waals surface area contributed by atoms with E-state index in [1.54, 1.807) is 6.20 Å². The predicted molar refractivity (Wildman–Crippen MR) is 50.5 cm³/mol. The van der Waals surface area contributed by atoms with E-state index < -0.39 is 0 Å². The molecule has 0 atom stereocenters. The molecule has 62 valence electrons. The van der Waals surface area contributed by atoms with E-state index in [1.165, 1.54) is 5.56 Å².